The molecule has 0 aromatic heterocycles. The number of nitrogens with two attached hydrogens (primary N) is 2. The molecular formula is C12H19N3O3S. The zero-order valence-corrected chi connectivity index (χ0v) is 11.7. The smallest absolute Gasteiger partial charge is 0.240 e. The maximum atomic E-state index is 11.3. The van der Waals surface area contributed by atoms with Gasteiger partial charge in [-0.1, -0.05) is 18.2 Å². The molecule has 0 fully saturated rings. The minimum atomic E-state index is -3.81. The number of nitrogen functional groups attached to an aromatic ring is 1. The lowest BCUT2D eigenvalue weighted by molar-refractivity contribution is 0.167. The van der Waals surface area contributed by atoms with Crippen LogP contribution in [0.5, 0.6) is 0 Å². The van der Waals surface area contributed by atoms with Crippen molar-refractivity contribution in [3.8, 4) is 0 Å². The van der Waals surface area contributed by atoms with E-state index in [1.54, 1.807) is 12.1 Å². The first kappa shape index (κ1) is 15.5. The molecule has 0 atom stereocenters. The highest BCUT2D eigenvalue weighted by molar-refractivity contribution is 7.89. The number of primary sulfonamides is 1. The third-order valence-corrected chi connectivity index (χ3v) is 3.25. The molecule has 7 heteroatoms. The molecule has 5 N–H and O–H groups in total. The lowest BCUT2D eigenvalue weighted by atomic mass is 10.2. The Morgan fingerprint density at radius 2 is 2.16 bits per heavy atom. The van der Waals surface area contributed by atoms with Crippen molar-refractivity contribution in [3.63, 3.8) is 0 Å². The van der Waals surface area contributed by atoms with Crippen LogP contribution in [0.1, 0.15) is 6.92 Å². The Hall–Kier alpha value is -1.57. The van der Waals surface area contributed by atoms with E-state index in [2.05, 4.69) is 11.9 Å². The van der Waals surface area contributed by atoms with Crippen LogP contribution in [0.25, 0.3) is 0 Å². The average Bonchev–Trinajstić information content (AvgIpc) is 2.28. The van der Waals surface area contributed by atoms with Gasteiger partial charge in [-0.15, -0.1) is 0 Å². The summed E-state index contributed by atoms with van der Waals surface area (Å²) in [5.41, 5.74) is 7.33. The van der Waals surface area contributed by atoms with E-state index in [1.165, 1.54) is 6.07 Å². The highest BCUT2D eigenvalue weighted by Gasteiger charge is 2.14. The van der Waals surface area contributed by atoms with Crippen LogP contribution in [0.15, 0.2) is 35.2 Å². The summed E-state index contributed by atoms with van der Waals surface area (Å²) in [6, 6.07) is 4.63. The summed E-state index contributed by atoms with van der Waals surface area (Å²) in [4.78, 5) is -0.0830. The molecule has 0 aliphatic carbocycles. The van der Waals surface area contributed by atoms with Crippen LogP contribution in [0.4, 0.5) is 11.4 Å². The Morgan fingerprint density at radius 3 is 2.74 bits per heavy atom. The fourth-order valence-corrected chi connectivity index (χ4v) is 2.14. The molecular weight excluding hydrogens is 266 g/mol. The van der Waals surface area contributed by atoms with E-state index in [0.29, 0.717) is 25.4 Å². The molecule has 0 heterocycles. The molecule has 0 aliphatic rings. The molecule has 0 spiro atoms. The first-order chi connectivity index (χ1) is 8.82. The number of hydrogen-bond acceptors (Lipinski definition) is 5. The largest absolute Gasteiger partial charge is 0.396 e. The van der Waals surface area contributed by atoms with Crippen LogP contribution >= 0.6 is 0 Å². The predicted molar refractivity (Wildman–Crippen MR) is 76.4 cm³/mol. The Labute approximate surface area is 113 Å². The van der Waals surface area contributed by atoms with Crippen molar-refractivity contribution in [2.75, 3.05) is 30.8 Å². The van der Waals surface area contributed by atoms with Crippen molar-refractivity contribution in [2.45, 2.75) is 11.8 Å². The van der Waals surface area contributed by atoms with Gasteiger partial charge in [0.1, 0.15) is 4.90 Å². The number of anilines is 2. The van der Waals surface area contributed by atoms with Gasteiger partial charge in [0.25, 0.3) is 0 Å². The number of ether oxygens (including phenoxy) is 1. The van der Waals surface area contributed by atoms with Crippen LogP contribution in [0.3, 0.4) is 0 Å². The third kappa shape index (κ3) is 4.90. The quantitative estimate of drug-likeness (QED) is 0.392. The minimum Gasteiger partial charge on any atom is -0.396 e. The summed E-state index contributed by atoms with van der Waals surface area (Å²) in [6.07, 6.45) is 0. The van der Waals surface area contributed by atoms with Gasteiger partial charge in [-0.05, 0) is 19.1 Å². The number of rotatable bonds is 7. The maximum Gasteiger partial charge on any atom is 0.240 e. The second kappa shape index (κ2) is 6.55. The molecule has 106 valence electrons. The van der Waals surface area contributed by atoms with Crippen molar-refractivity contribution in [1.29, 1.82) is 0 Å². The monoisotopic (exact) mass is 285 g/mol. The molecule has 0 saturated carbocycles. The number of benzene rings is 1. The third-order valence-electron chi connectivity index (χ3n) is 2.28. The molecule has 0 bridgehead atoms. The van der Waals surface area contributed by atoms with Gasteiger partial charge >= 0.3 is 0 Å². The standard InChI is InChI=1S/C12H19N3O3S/c1-9(2)8-18-7-6-15-10-4-3-5-11(12(10)13)19(14,16)17/h3-5,15H,1,6-8,13H2,2H3,(H2,14,16,17). The summed E-state index contributed by atoms with van der Waals surface area (Å²) < 4.78 is 27.9. The average molecular weight is 285 g/mol. The van der Waals surface area contributed by atoms with Gasteiger partial charge in [-0.2, -0.15) is 0 Å². The summed E-state index contributed by atoms with van der Waals surface area (Å²) in [6.45, 7) is 7.06. The van der Waals surface area contributed by atoms with Crippen LogP contribution < -0.4 is 16.2 Å². The summed E-state index contributed by atoms with van der Waals surface area (Å²) >= 11 is 0. The zero-order chi connectivity index (χ0) is 14.5. The first-order valence-electron chi connectivity index (χ1n) is 5.69. The van der Waals surface area contributed by atoms with E-state index in [9.17, 15) is 8.42 Å². The van der Waals surface area contributed by atoms with E-state index in [4.69, 9.17) is 15.6 Å². The van der Waals surface area contributed by atoms with Gasteiger partial charge in [-0.25, -0.2) is 13.6 Å². The fourth-order valence-electron chi connectivity index (χ4n) is 1.45. The summed E-state index contributed by atoms with van der Waals surface area (Å²) in [7, 11) is -3.81. The first-order valence-corrected chi connectivity index (χ1v) is 7.24. The normalized spacial score (nSPS) is 11.3. The van der Waals surface area contributed by atoms with Gasteiger partial charge in [0.05, 0.1) is 24.6 Å². The second-order valence-corrected chi connectivity index (χ2v) is 5.73. The van der Waals surface area contributed by atoms with Crippen LogP contribution in [0.2, 0.25) is 0 Å². The van der Waals surface area contributed by atoms with E-state index >= 15 is 0 Å². The predicted octanol–water partition coefficient (Wildman–Crippen LogP) is 0.921. The summed E-state index contributed by atoms with van der Waals surface area (Å²) in [5.74, 6) is 0. The molecule has 1 rings (SSSR count). The molecule has 0 unspecified atom stereocenters. The van der Waals surface area contributed by atoms with Crippen LogP contribution in [-0.4, -0.2) is 28.2 Å². The van der Waals surface area contributed by atoms with E-state index < -0.39 is 10.0 Å². The maximum absolute atomic E-state index is 11.3. The zero-order valence-electron chi connectivity index (χ0n) is 10.8. The molecule has 0 amide bonds. The van der Waals surface area contributed by atoms with E-state index in [1.807, 2.05) is 6.92 Å². The molecule has 0 aliphatic heterocycles. The Kier molecular flexibility index (Phi) is 5.34. The number of para-hydroxylation sites is 1. The molecule has 1 aromatic rings. The number of hydrogen-bond donors (Lipinski definition) is 3. The van der Waals surface area contributed by atoms with E-state index in [-0.39, 0.29) is 10.6 Å². The SMILES string of the molecule is C=C(C)COCCNc1cccc(S(N)(=O)=O)c1N. The van der Waals surface area contributed by atoms with Crippen molar-refractivity contribution in [3.05, 3.63) is 30.4 Å². The number of nitrogens with one attached hydrogen (secondary N) is 1. The van der Waals surface area contributed by atoms with Gasteiger partial charge in [0.15, 0.2) is 0 Å². The van der Waals surface area contributed by atoms with Crippen molar-refractivity contribution in [1.82, 2.24) is 0 Å². The van der Waals surface area contributed by atoms with Gasteiger partial charge < -0.3 is 15.8 Å². The van der Waals surface area contributed by atoms with Crippen LogP contribution in [-0.2, 0) is 14.8 Å². The molecule has 0 saturated heterocycles. The van der Waals surface area contributed by atoms with Crippen LogP contribution in [0, 0.1) is 0 Å². The molecule has 6 nitrogen and oxygen atoms in total. The number of sulfonamides is 1. The van der Waals surface area contributed by atoms with E-state index in [0.717, 1.165) is 5.57 Å². The lowest BCUT2D eigenvalue weighted by Crippen LogP contribution is -2.16. The van der Waals surface area contributed by atoms with Crippen molar-refractivity contribution in [2.24, 2.45) is 5.14 Å². The van der Waals surface area contributed by atoms with Crippen molar-refractivity contribution >= 4 is 21.4 Å². The Balaban J connectivity index is 2.63. The van der Waals surface area contributed by atoms with Gasteiger partial charge in [0.2, 0.25) is 10.0 Å². The highest BCUT2D eigenvalue weighted by Crippen LogP contribution is 2.25. The highest BCUT2D eigenvalue weighted by atomic mass is 32.2. The topological polar surface area (TPSA) is 107 Å². The lowest BCUT2D eigenvalue weighted by Gasteiger charge is -2.12. The molecule has 1 aromatic carbocycles. The molecule has 19 heavy (non-hydrogen) atoms. The Morgan fingerprint density at radius 1 is 1.47 bits per heavy atom. The Bertz CT molecular complexity index is 555. The fraction of sp³-hybridized carbons (Fsp3) is 0.333. The molecule has 0 radical (unpaired) electrons. The van der Waals surface area contributed by atoms with Crippen molar-refractivity contribution < 1.29 is 13.2 Å². The van der Waals surface area contributed by atoms with Gasteiger partial charge in [0, 0.05) is 6.54 Å². The second-order valence-electron chi connectivity index (χ2n) is 4.20. The van der Waals surface area contributed by atoms with Gasteiger partial charge in [-0.3, -0.25) is 0 Å². The minimum absolute atomic E-state index is 0.0830. The summed E-state index contributed by atoms with van der Waals surface area (Å²) in [5, 5.41) is 8.07.